The third-order valence-electron chi connectivity index (χ3n) is 6.64. The second kappa shape index (κ2) is 8.89. The van der Waals surface area contributed by atoms with Gasteiger partial charge in [-0.2, -0.15) is 4.90 Å². The number of fused-ring (bicyclic) bond motifs is 5. The fraction of sp³-hybridized carbons (Fsp3) is 0.231. The lowest BCUT2D eigenvalue weighted by Gasteiger charge is -2.34. The number of hydrogen-bond acceptors (Lipinski definition) is 9. The van der Waals surface area contributed by atoms with E-state index in [1.807, 2.05) is 0 Å². The summed E-state index contributed by atoms with van der Waals surface area (Å²) in [6, 6.07) is 6.97. The molecule has 38 heavy (non-hydrogen) atoms. The maximum absolute atomic E-state index is 13.7. The van der Waals surface area contributed by atoms with Gasteiger partial charge in [0.15, 0.2) is 17.3 Å². The lowest BCUT2D eigenvalue weighted by Crippen LogP contribution is -2.54. The predicted octanol–water partition coefficient (Wildman–Crippen LogP) is 3.24. The average Bonchev–Trinajstić information content (AvgIpc) is 3.16. The summed E-state index contributed by atoms with van der Waals surface area (Å²) in [6.07, 6.45) is -0.389. The van der Waals surface area contributed by atoms with Crippen molar-refractivity contribution in [1.29, 1.82) is 0 Å². The molecule has 0 saturated carbocycles. The number of ketones is 2. The summed E-state index contributed by atoms with van der Waals surface area (Å²) in [5.74, 6) is -3.93. The number of ether oxygens (including phenoxy) is 3. The lowest BCUT2D eigenvalue weighted by atomic mass is 9.71. The van der Waals surface area contributed by atoms with Crippen LogP contribution in [0, 0.1) is 0 Å². The van der Waals surface area contributed by atoms with E-state index in [2.05, 4.69) is 5.32 Å². The zero-order chi connectivity index (χ0) is 27.5. The van der Waals surface area contributed by atoms with Crippen LogP contribution in [-0.4, -0.2) is 52.1 Å². The maximum Gasteiger partial charge on any atom is 0.329 e. The minimum Gasteiger partial charge on any atom is -0.507 e. The van der Waals surface area contributed by atoms with Gasteiger partial charge in [-0.1, -0.05) is 23.7 Å². The van der Waals surface area contributed by atoms with Crippen LogP contribution in [0.15, 0.2) is 53.5 Å². The fourth-order valence-electron chi connectivity index (χ4n) is 4.72. The number of aliphatic hydroxyl groups is 1. The van der Waals surface area contributed by atoms with Crippen LogP contribution < -0.4 is 14.8 Å². The Kier molecular flexibility index (Phi) is 5.92. The number of nitrogens with one attached hydrogen (secondary N) is 1. The zero-order valence-electron chi connectivity index (χ0n) is 20.3. The average molecular weight is 541 g/mol. The van der Waals surface area contributed by atoms with Crippen LogP contribution in [0.3, 0.4) is 0 Å². The number of methoxy groups -OCH3 is 1. The van der Waals surface area contributed by atoms with Gasteiger partial charge in [0.1, 0.15) is 39.6 Å². The van der Waals surface area contributed by atoms with Gasteiger partial charge in [-0.3, -0.25) is 14.4 Å². The number of aliphatic hydroxyl groups excluding tert-OH is 1. The van der Waals surface area contributed by atoms with Crippen LogP contribution in [0.4, 0.5) is 4.79 Å². The molecule has 5 rings (SSSR count). The van der Waals surface area contributed by atoms with Gasteiger partial charge >= 0.3 is 6.03 Å². The monoisotopic (exact) mass is 540 g/mol. The van der Waals surface area contributed by atoms with E-state index in [4.69, 9.17) is 25.8 Å². The number of phenols is 1. The van der Waals surface area contributed by atoms with Crippen LogP contribution in [0.25, 0.3) is 0 Å². The Labute approximate surface area is 220 Å². The number of benzene rings is 2. The Hall–Kier alpha value is -4.35. The molecule has 11 nitrogen and oxygen atoms in total. The normalized spacial score (nSPS) is 21.6. The molecule has 12 heteroatoms. The van der Waals surface area contributed by atoms with Gasteiger partial charge in [0.05, 0.1) is 5.56 Å². The largest absolute Gasteiger partial charge is 0.507 e. The number of urea groups is 1. The molecule has 2 aromatic rings. The summed E-state index contributed by atoms with van der Waals surface area (Å²) in [5, 5.41) is 24.3. The highest BCUT2D eigenvalue weighted by Crippen LogP contribution is 2.57. The summed E-state index contributed by atoms with van der Waals surface area (Å²) < 4.78 is 16.7. The first-order valence-corrected chi connectivity index (χ1v) is 11.7. The molecule has 2 aliphatic heterocycles. The third kappa shape index (κ3) is 3.62. The molecule has 2 heterocycles. The van der Waals surface area contributed by atoms with Crippen molar-refractivity contribution >= 4 is 35.1 Å². The Bertz CT molecular complexity index is 1500. The number of carbonyl (C=O) groups excluding carboxylic acids is 4. The van der Waals surface area contributed by atoms with Crippen molar-refractivity contribution in [2.75, 3.05) is 7.11 Å². The molecule has 0 fully saturated rings. The molecule has 196 valence electrons. The summed E-state index contributed by atoms with van der Waals surface area (Å²) in [4.78, 5) is 52.9. The molecule has 1 aliphatic carbocycles. The van der Waals surface area contributed by atoms with E-state index < -0.39 is 52.4 Å². The number of aromatic hydroxyl groups is 1. The second-order valence-electron chi connectivity index (χ2n) is 8.98. The zero-order valence-corrected chi connectivity index (χ0v) is 21.1. The minimum absolute atomic E-state index is 0.0610. The van der Waals surface area contributed by atoms with Gasteiger partial charge in [0.25, 0.3) is 12.3 Å². The molecule has 3 amide bonds. The molecule has 0 spiro atoms. The quantitative estimate of drug-likeness (QED) is 0.496. The molecule has 1 unspecified atom stereocenters. The fourth-order valence-corrected chi connectivity index (χ4v) is 4.85. The van der Waals surface area contributed by atoms with Crippen LogP contribution in [0.5, 0.6) is 17.2 Å². The van der Waals surface area contributed by atoms with Crippen molar-refractivity contribution < 1.29 is 43.6 Å². The van der Waals surface area contributed by atoms with Gasteiger partial charge in [-0.05, 0) is 31.5 Å². The van der Waals surface area contributed by atoms with E-state index in [1.54, 1.807) is 24.3 Å². The SMILES string of the molecule is COC1Oc2cc(O)c3c(c2C(=O)N1C(=O)NCc1ccc(Cl)cc1)OC1=CC(O)=C(C(C)=O)C(=O)[C@]13C. The van der Waals surface area contributed by atoms with Crippen LogP contribution in [0.2, 0.25) is 5.02 Å². The summed E-state index contributed by atoms with van der Waals surface area (Å²) in [5.41, 5.74) is -1.82. The Morgan fingerprint density at radius 2 is 1.89 bits per heavy atom. The molecule has 3 aliphatic rings. The Morgan fingerprint density at radius 1 is 1.21 bits per heavy atom. The number of allylic oxidation sites excluding steroid dienone is 3. The molecule has 0 saturated heterocycles. The first-order chi connectivity index (χ1) is 18.0. The maximum atomic E-state index is 13.7. The predicted molar refractivity (Wildman–Crippen MR) is 131 cm³/mol. The molecular weight excluding hydrogens is 520 g/mol. The third-order valence-corrected chi connectivity index (χ3v) is 6.89. The van der Waals surface area contributed by atoms with E-state index in [1.165, 1.54) is 14.0 Å². The van der Waals surface area contributed by atoms with Crippen LogP contribution >= 0.6 is 11.6 Å². The summed E-state index contributed by atoms with van der Waals surface area (Å²) in [7, 11) is 1.23. The van der Waals surface area contributed by atoms with E-state index in [0.717, 1.165) is 19.1 Å². The van der Waals surface area contributed by atoms with Gasteiger partial charge < -0.3 is 29.7 Å². The van der Waals surface area contributed by atoms with Crippen LogP contribution in [-0.2, 0) is 26.3 Å². The van der Waals surface area contributed by atoms with E-state index >= 15 is 0 Å². The second-order valence-corrected chi connectivity index (χ2v) is 9.41. The van der Waals surface area contributed by atoms with Gasteiger partial charge in [-0.25, -0.2) is 4.79 Å². The molecule has 2 atom stereocenters. The number of hydrogen-bond donors (Lipinski definition) is 3. The minimum atomic E-state index is -1.72. The van der Waals surface area contributed by atoms with Crippen molar-refractivity contribution in [2.45, 2.75) is 32.2 Å². The Morgan fingerprint density at radius 3 is 2.53 bits per heavy atom. The van der Waals surface area contributed by atoms with Gasteiger partial charge in [0.2, 0.25) is 0 Å². The van der Waals surface area contributed by atoms with Crippen LogP contribution in [0.1, 0.15) is 35.3 Å². The van der Waals surface area contributed by atoms with E-state index in [-0.39, 0.29) is 34.9 Å². The number of phenolic OH excluding ortho intramolecular Hbond substituents is 1. The highest BCUT2D eigenvalue weighted by molar-refractivity contribution is 6.30. The smallest absolute Gasteiger partial charge is 0.329 e. The van der Waals surface area contributed by atoms with Crippen molar-refractivity contribution in [3.05, 3.63) is 75.2 Å². The Balaban J connectivity index is 1.55. The number of imide groups is 1. The van der Waals surface area contributed by atoms with E-state index in [9.17, 15) is 29.4 Å². The molecular formula is C26H21ClN2O9. The van der Waals surface area contributed by atoms with Gasteiger partial charge in [-0.15, -0.1) is 0 Å². The highest BCUT2D eigenvalue weighted by Gasteiger charge is 2.56. The molecule has 3 N–H and O–H groups in total. The molecule has 0 aromatic heterocycles. The number of halogens is 1. The van der Waals surface area contributed by atoms with Crippen molar-refractivity contribution in [2.24, 2.45) is 0 Å². The summed E-state index contributed by atoms with van der Waals surface area (Å²) in [6.45, 7) is 2.58. The summed E-state index contributed by atoms with van der Waals surface area (Å²) >= 11 is 5.89. The number of amides is 3. The van der Waals surface area contributed by atoms with Crippen molar-refractivity contribution in [1.82, 2.24) is 10.2 Å². The number of nitrogens with zero attached hydrogens (tertiary/aromatic N) is 1. The number of rotatable bonds is 4. The lowest BCUT2D eigenvalue weighted by molar-refractivity contribution is -0.129. The molecule has 0 radical (unpaired) electrons. The van der Waals surface area contributed by atoms with Crippen molar-refractivity contribution in [3.63, 3.8) is 0 Å². The molecule has 2 aromatic carbocycles. The first-order valence-electron chi connectivity index (χ1n) is 11.3. The van der Waals surface area contributed by atoms with Gasteiger partial charge in [0, 0.05) is 30.8 Å². The standard InChI is InChI=1S/C26H21ClN2O9/c1-11(30)18-14(31)9-17-26(2,22(18)33)20-15(32)8-16-19(21(20)38-17)23(34)29(25(36-3)37-16)24(35)28-10-12-4-6-13(27)7-5-12/h4-9,25,31-32H,10H2,1-3H3,(H,28,35)/t25?,26-/m1/s1. The van der Waals surface area contributed by atoms with Crippen molar-refractivity contribution in [3.8, 4) is 17.2 Å². The number of carbonyl (C=O) groups is 4. The highest BCUT2D eigenvalue weighted by atomic mass is 35.5. The van der Waals surface area contributed by atoms with E-state index in [0.29, 0.717) is 15.5 Å². The molecule has 0 bridgehead atoms. The first kappa shape index (κ1) is 25.3. The number of Topliss-reactive ketones (excluding diaryl/α,β-unsaturated/α-hetero) is 2. The topological polar surface area (TPSA) is 152 Å².